The summed E-state index contributed by atoms with van der Waals surface area (Å²) in [6, 6.07) is 13.8. The number of aliphatic carboxylic acids is 2. The predicted molar refractivity (Wildman–Crippen MR) is 190 cm³/mol. The minimum Gasteiger partial charge on any atom is -0.481 e. The van der Waals surface area contributed by atoms with E-state index in [0.29, 0.717) is 39.1 Å². The highest BCUT2D eigenvalue weighted by atomic mass is 16.5. The van der Waals surface area contributed by atoms with Gasteiger partial charge in [-0.15, -0.1) is 0 Å². The van der Waals surface area contributed by atoms with Crippen LogP contribution in [0.15, 0.2) is 36.4 Å². The normalized spacial score (nSPS) is 12.9. The van der Waals surface area contributed by atoms with Crippen molar-refractivity contribution in [3.05, 3.63) is 58.7 Å². The Labute approximate surface area is 291 Å². The second kappa shape index (κ2) is 21.4. The molecule has 0 unspecified atom stereocenters. The zero-order chi connectivity index (χ0) is 35.5. The third kappa shape index (κ3) is 12.9. The zero-order valence-electron chi connectivity index (χ0n) is 29.5. The largest absolute Gasteiger partial charge is 0.481 e. The molecular formula is C39H56N2O8. The van der Waals surface area contributed by atoms with Crippen molar-refractivity contribution in [2.45, 2.75) is 96.3 Å². The first-order valence-electron chi connectivity index (χ1n) is 17.9. The van der Waals surface area contributed by atoms with Gasteiger partial charge in [-0.3, -0.25) is 29.0 Å². The first-order chi connectivity index (χ1) is 23.7. The number of unbranched alkanes of at least 4 members (excludes halogenated alkanes) is 6. The number of nitrogens with zero attached hydrogens (tertiary/aromatic N) is 2. The molecule has 2 aromatic rings. The fourth-order valence-electron chi connectivity index (χ4n) is 7.26. The van der Waals surface area contributed by atoms with Gasteiger partial charge in [-0.25, -0.2) is 0 Å². The number of hydrogen-bond acceptors (Lipinski definition) is 8. The Kier molecular flexibility index (Phi) is 17.3. The van der Waals surface area contributed by atoms with Gasteiger partial charge in [0.15, 0.2) is 0 Å². The third-order valence-electron chi connectivity index (χ3n) is 9.80. The summed E-state index contributed by atoms with van der Waals surface area (Å²) in [6.45, 7) is 9.27. The molecule has 1 aliphatic rings. The quantitative estimate of drug-likeness (QED) is 0.0772. The molecule has 0 aliphatic heterocycles. The molecular weight excluding hydrogens is 624 g/mol. The smallest absolute Gasteiger partial charge is 0.304 e. The highest BCUT2D eigenvalue weighted by molar-refractivity contribution is 5.81. The fourth-order valence-corrected chi connectivity index (χ4v) is 7.26. The minimum absolute atomic E-state index is 0.0535. The number of carbonyl (C=O) groups is 4. The van der Waals surface area contributed by atoms with Crippen LogP contribution in [0.5, 0.6) is 0 Å². The summed E-state index contributed by atoms with van der Waals surface area (Å²) in [7, 11) is 0. The van der Waals surface area contributed by atoms with Crippen molar-refractivity contribution in [3.63, 3.8) is 0 Å². The van der Waals surface area contributed by atoms with Gasteiger partial charge in [0, 0.05) is 31.6 Å². The van der Waals surface area contributed by atoms with Crippen LogP contribution in [0, 0.1) is 13.8 Å². The van der Waals surface area contributed by atoms with Gasteiger partial charge < -0.3 is 19.7 Å². The summed E-state index contributed by atoms with van der Waals surface area (Å²) in [5.74, 6) is -1.65. The van der Waals surface area contributed by atoms with E-state index in [2.05, 4.69) is 60.0 Å². The summed E-state index contributed by atoms with van der Waals surface area (Å²) in [4.78, 5) is 47.5. The Morgan fingerprint density at radius 1 is 0.612 bits per heavy atom. The van der Waals surface area contributed by atoms with Gasteiger partial charge in [0.1, 0.15) is 13.2 Å². The van der Waals surface area contributed by atoms with Crippen molar-refractivity contribution < 1.29 is 38.9 Å². The number of benzene rings is 2. The number of aryl methyl sites for hydroxylation is 2. The molecule has 0 spiro atoms. The monoisotopic (exact) mass is 680 g/mol. The number of fused-ring (bicyclic) bond motifs is 3. The maximum Gasteiger partial charge on any atom is 0.304 e. The SMILES string of the molecule is Cc1ccc2c(c1)C(CCCCCCN(CCOC=O)CCC(=O)O)(CCCCCCN(CCOC=O)CCC(=O)O)c1cc(C)ccc1-2. The summed E-state index contributed by atoms with van der Waals surface area (Å²) < 4.78 is 9.70. The molecule has 270 valence electrons. The van der Waals surface area contributed by atoms with E-state index < -0.39 is 11.9 Å². The number of carboxylic acids is 2. The van der Waals surface area contributed by atoms with Crippen LogP contribution in [-0.2, 0) is 34.1 Å². The van der Waals surface area contributed by atoms with Crippen molar-refractivity contribution >= 4 is 24.9 Å². The average Bonchev–Trinajstić information content (AvgIpc) is 3.32. The molecule has 0 atom stereocenters. The van der Waals surface area contributed by atoms with Gasteiger partial charge in [0.25, 0.3) is 12.9 Å². The van der Waals surface area contributed by atoms with Crippen molar-refractivity contribution in [2.24, 2.45) is 0 Å². The molecule has 0 radical (unpaired) electrons. The van der Waals surface area contributed by atoms with E-state index in [9.17, 15) is 19.2 Å². The Bertz CT molecular complexity index is 1240. The first kappa shape index (κ1) is 39.7. The van der Waals surface area contributed by atoms with E-state index in [1.807, 2.05) is 0 Å². The van der Waals surface area contributed by atoms with Crippen LogP contribution >= 0.6 is 0 Å². The fraction of sp³-hybridized carbons (Fsp3) is 0.590. The van der Waals surface area contributed by atoms with Crippen LogP contribution in [0.2, 0.25) is 0 Å². The second-order valence-corrected chi connectivity index (χ2v) is 13.4. The van der Waals surface area contributed by atoms with E-state index in [1.54, 1.807) is 0 Å². The van der Waals surface area contributed by atoms with E-state index >= 15 is 0 Å². The molecule has 0 heterocycles. The van der Waals surface area contributed by atoms with Gasteiger partial charge in [-0.05, 0) is 74.9 Å². The molecule has 10 heteroatoms. The van der Waals surface area contributed by atoms with E-state index in [0.717, 1.165) is 77.3 Å². The molecule has 0 saturated carbocycles. The van der Waals surface area contributed by atoms with E-state index in [-0.39, 0.29) is 31.5 Å². The molecule has 0 fully saturated rings. The van der Waals surface area contributed by atoms with Crippen LogP contribution in [0.3, 0.4) is 0 Å². The lowest BCUT2D eigenvalue weighted by molar-refractivity contribution is -0.138. The molecule has 49 heavy (non-hydrogen) atoms. The summed E-state index contributed by atoms with van der Waals surface area (Å²) in [6.07, 6.45) is 10.6. The molecule has 2 N–H and O–H groups in total. The van der Waals surface area contributed by atoms with Gasteiger partial charge in [0.2, 0.25) is 0 Å². The van der Waals surface area contributed by atoms with Crippen LogP contribution in [0.1, 0.15) is 99.3 Å². The summed E-state index contributed by atoms with van der Waals surface area (Å²) in [5.41, 5.74) is 8.07. The molecule has 2 aromatic carbocycles. The Morgan fingerprint density at radius 2 is 1.02 bits per heavy atom. The van der Waals surface area contributed by atoms with Crippen molar-refractivity contribution in [3.8, 4) is 11.1 Å². The summed E-state index contributed by atoms with van der Waals surface area (Å²) in [5, 5.41) is 18.3. The number of hydrogen-bond donors (Lipinski definition) is 2. The number of rotatable bonds is 28. The van der Waals surface area contributed by atoms with Crippen molar-refractivity contribution in [2.75, 3.05) is 52.5 Å². The molecule has 10 nitrogen and oxygen atoms in total. The lowest BCUT2D eigenvalue weighted by atomic mass is 9.70. The number of ether oxygens (including phenoxy) is 2. The molecule has 0 amide bonds. The zero-order valence-corrected chi connectivity index (χ0v) is 29.5. The van der Waals surface area contributed by atoms with Gasteiger partial charge >= 0.3 is 11.9 Å². The second-order valence-electron chi connectivity index (χ2n) is 13.4. The van der Waals surface area contributed by atoms with E-state index in [4.69, 9.17) is 19.7 Å². The third-order valence-corrected chi connectivity index (χ3v) is 9.80. The van der Waals surface area contributed by atoms with Crippen LogP contribution in [0.25, 0.3) is 11.1 Å². The topological polar surface area (TPSA) is 134 Å². The maximum atomic E-state index is 11.1. The maximum absolute atomic E-state index is 11.1. The predicted octanol–water partition coefficient (Wildman–Crippen LogP) is 6.37. The lowest BCUT2D eigenvalue weighted by Crippen LogP contribution is -2.31. The first-order valence-corrected chi connectivity index (χ1v) is 17.9. The Balaban J connectivity index is 1.63. The van der Waals surface area contributed by atoms with Crippen LogP contribution in [-0.4, -0.2) is 97.4 Å². The van der Waals surface area contributed by atoms with Crippen molar-refractivity contribution in [1.82, 2.24) is 9.80 Å². The molecule has 1 aliphatic carbocycles. The molecule has 0 aromatic heterocycles. The molecule has 0 saturated heterocycles. The number of carbonyl (C=O) groups excluding carboxylic acids is 2. The standard InChI is InChI=1S/C39H56N2O8/c1-31-11-13-33-34-14-12-32(2)28-36(34)39(35(33)27-31,17-7-3-5-9-19-40(21-15-37(44)45)23-25-48-29-42)18-8-4-6-10-20-41(22-16-38(46)47)24-26-49-30-43/h11-14,27-30H,3-10,15-26H2,1-2H3,(H,44,45)(H,46,47). The Hall–Kier alpha value is -3.76. The Morgan fingerprint density at radius 3 is 1.41 bits per heavy atom. The highest BCUT2D eigenvalue weighted by Crippen LogP contribution is 2.54. The lowest BCUT2D eigenvalue weighted by Gasteiger charge is -2.33. The van der Waals surface area contributed by atoms with Gasteiger partial charge in [0.05, 0.1) is 12.8 Å². The number of carboxylic acid groups (broad SMARTS) is 2. The average molecular weight is 681 g/mol. The molecule has 0 bridgehead atoms. The van der Waals surface area contributed by atoms with Gasteiger partial charge in [-0.2, -0.15) is 0 Å². The minimum atomic E-state index is -0.826. The summed E-state index contributed by atoms with van der Waals surface area (Å²) >= 11 is 0. The highest BCUT2D eigenvalue weighted by Gasteiger charge is 2.42. The van der Waals surface area contributed by atoms with Crippen LogP contribution < -0.4 is 0 Å². The van der Waals surface area contributed by atoms with Gasteiger partial charge in [-0.1, -0.05) is 86.1 Å². The van der Waals surface area contributed by atoms with Crippen molar-refractivity contribution in [1.29, 1.82) is 0 Å². The van der Waals surface area contributed by atoms with E-state index in [1.165, 1.54) is 33.4 Å². The van der Waals surface area contributed by atoms with Crippen LogP contribution in [0.4, 0.5) is 0 Å². The molecule has 3 rings (SSSR count).